The summed E-state index contributed by atoms with van der Waals surface area (Å²) >= 11 is 0. The molecule has 0 saturated heterocycles. The van der Waals surface area contributed by atoms with Crippen LogP contribution in [0.4, 0.5) is 0 Å². The van der Waals surface area contributed by atoms with Gasteiger partial charge in [0.2, 0.25) is 0 Å². The molecule has 2 atom stereocenters. The molecule has 1 saturated carbocycles. The molecule has 0 aliphatic heterocycles. The van der Waals surface area contributed by atoms with Crippen molar-refractivity contribution >= 4 is 21.7 Å². The molecular formula is C11H13NaO5S. The average molecular weight is 280 g/mol. The number of fused-ring (bicyclic) bond motifs is 1. The summed E-state index contributed by atoms with van der Waals surface area (Å²) in [6.45, 7) is 1.06. The van der Waals surface area contributed by atoms with Gasteiger partial charge in [0.05, 0.1) is 0 Å². The van der Waals surface area contributed by atoms with Gasteiger partial charge in [-0.1, -0.05) is 6.08 Å². The van der Waals surface area contributed by atoms with Crippen molar-refractivity contribution in [1.29, 1.82) is 0 Å². The van der Waals surface area contributed by atoms with Crippen LogP contribution >= 0.6 is 0 Å². The second kappa shape index (κ2) is 5.17. The smallest absolute Gasteiger partial charge is 0.747 e. The summed E-state index contributed by atoms with van der Waals surface area (Å²) < 4.78 is 31.4. The molecule has 2 rings (SSSR count). The Balaban J connectivity index is 0.00000162. The standard InChI is InChI=1S/C11H14O5S.Na/c1-11(17(14,15)16)6-9(12)7-4-2-3-5-8(7)10(11)13;/h5,7H,2-4,6H2,1H3,(H,14,15,16);/q;+1/p-1. The van der Waals surface area contributed by atoms with Gasteiger partial charge >= 0.3 is 29.6 Å². The molecule has 5 nitrogen and oxygen atoms in total. The summed E-state index contributed by atoms with van der Waals surface area (Å²) in [4.78, 5) is 23.9. The van der Waals surface area contributed by atoms with Crippen LogP contribution in [0.25, 0.3) is 0 Å². The van der Waals surface area contributed by atoms with Gasteiger partial charge in [-0.3, -0.25) is 9.59 Å². The number of Topliss-reactive ketones (excluding diaryl/α,β-unsaturated/α-hetero) is 2. The van der Waals surface area contributed by atoms with Crippen molar-refractivity contribution in [3.8, 4) is 0 Å². The third-order valence-corrected chi connectivity index (χ3v) is 5.06. The third-order valence-electron chi connectivity index (χ3n) is 3.63. The molecule has 7 heteroatoms. The van der Waals surface area contributed by atoms with E-state index in [1.807, 2.05) is 0 Å². The van der Waals surface area contributed by atoms with Crippen LogP contribution < -0.4 is 29.6 Å². The Labute approximate surface area is 128 Å². The van der Waals surface area contributed by atoms with Crippen LogP contribution in [0.3, 0.4) is 0 Å². The minimum atomic E-state index is -4.82. The fraction of sp³-hybridized carbons (Fsp3) is 0.636. The van der Waals surface area contributed by atoms with E-state index in [-0.39, 0.29) is 40.9 Å². The summed E-state index contributed by atoms with van der Waals surface area (Å²) in [7, 11) is -4.82. The predicted molar refractivity (Wildman–Crippen MR) is 58.2 cm³/mol. The first-order valence-electron chi connectivity index (χ1n) is 5.50. The number of allylic oxidation sites excluding steroid dienone is 2. The van der Waals surface area contributed by atoms with Crippen LogP contribution in [0.2, 0.25) is 0 Å². The third kappa shape index (κ3) is 2.36. The SMILES string of the molecule is CC1(S(=O)(=O)[O-])CC(=O)C2CCCC=C2C1=O.[Na+]. The molecule has 0 amide bonds. The normalized spacial score (nSPS) is 32.3. The summed E-state index contributed by atoms with van der Waals surface area (Å²) in [6.07, 6.45) is 3.16. The van der Waals surface area contributed by atoms with Gasteiger partial charge in [-0.2, -0.15) is 0 Å². The van der Waals surface area contributed by atoms with Gasteiger partial charge in [0, 0.05) is 17.9 Å². The molecule has 0 N–H and O–H groups in total. The van der Waals surface area contributed by atoms with Gasteiger partial charge in [0.15, 0.2) is 5.78 Å². The van der Waals surface area contributed by atoms with E-state index in [0.717, 1.165) is 13.3 Å². The molecule has 0 aromatic rings. The summed E-state index contributed by atoms with van der Waals surface area (Å²) in [5, 5.41) is 0. The maximum absolute atomic E-state index is 12.1. The Morgan fingerprint density at radius 1 is 1.39 bits per heavy atom. The molecular weight excluding hydrogens is 267 g/mol. The van der Waals surface area contributed by atoms with Crippen LogP contribution in [-0.2, 0) is 19.7 Å². The Bertz CT molecular complexity index is 522. The second-order valence-corrected chi connectivity index (χ2v) is 6.61. The van der Waals surface area contributed by atoms with E-state index in [9.17, 15) is 22.6 Å². The minimum absolute atomic E-state index is 0. The maximum atomic E-state index is 12.1. The number of carbonyl (C=O) groups is 2. The maximum Gasteiger partial charge on any atom is 1.00 e. The van der Waals surface area contributed by atoms with Gasteiger partial charge in [0.25, 0.3) is 0 Å². The van der Waals surface area contributed by atoms with Crippen LogP contribution in [0, 0.1) is 5.92 Å². The zero-order valence-electron chi connectivity index (χ0n) is 10.4. The first-order chi connectivity index (χ1) is 7.77. The van der Waals surface area contributed by atoms with Crippen molar-refractivity contribution in [2.45, 2.75) is 37.4 Å². The van der Waals surface area contributed by atoms with E-state index in [1.54, 1.807) is 6.08 Å². The topological polar surface area (TPSA) is 91.3 Å². The van der Waals surface area contributed by atoms with Gasteiger partial charge in [0.1, 0.15) is 20.6 Å². The number of rotatable bonds is 1. The van der Waals surface area contributed by atoms with Crippen molar-refractivity contribution < 1.29 is 52.1 Å². The minimum Gasteiger partial charge on any atom is -0.747 e. The molecule has 2 unspecified atom stereocenters. The molecule has 0 aromatic heterocycles. The molecule has 0 radical (unpaired) electrons. The first-order valence-corrected chi connectivity index (χ1v) is 6.91. The zero-order chi connectivity index (χ0) is 12.8. The first kappa shape index (κ1) is 16.0. The molecule has 0 heterocycles. The molecule has 2 aliphatic carbocycles. The fourth-order valence-corrected chi connectivity index (χ4v) is 3.17. The molecule has 0 bridgehead atoms. The Morgan fingerprint density at radius 2 is 2.00 bits per heavy atom. The van der Waals surface area contributed by atoms with Crippen molar-refractivity contribution in [1.82, 2.24) is 0 Å². The second-order valence-electron chi connectivity index (χ2n) is 4.80. The average Bonchev–Trinajstić information content (AvgIpc) is 2.25. The van der Waals surface area contributed by atoms with Crippen LogP contribution in [0.5, 0.6) is 0 Å². The van der Waals surface area contributed by atoms with Crippen molar-refractivity contribution in [2.75, 3.05) is 0 Å². The van der Waals surface area contributed by atoms with E-state index >= 15 is 0 Å². The fourth-order valence-electron chi connectivity index (χ4n) is 2.51. The van der Waals surface area contributed by atoms with E-state index in [0.29, 0.717) is 12.8 Å². The summed E-state index contributed by atoms with van der Waals surface area (Å²) in [6, 6.07) is 0. The Hall–Kier alpha value is -0.0100. The number of ketones is 2. The number of hydrogen-bond donors (Lipinski definition) is 0. The summed E-state index contributed by atoms with van der Waals surface area (Å²) in [5.41, 5.74) is 0.231. The Morgan fingerprint density at radius 3 is 2.56 bits per heavy atom. The van der Waals surface area contributed by atoms with Crippen LogP contribution in [0.1, 0.15) is 32.6 Å². The summed E-state index contributed by atoms with van der Waals surface area (Å²) in [5.74, 6) is -1.49. The largest absolute Gasteiger partial charge is 1.00 e. The molecule has 18 heavy (non-hydrogen) atoms. The van der Waals surface area contributed by atoms with E-state index < -0.39 is 33.0 Å². The molecule has 0 spiro atoms. The van der Waals surface area contributed by atoms with Gasteiger partial charge in [-0.05, 0) is 26.2 Å². The molecule has 1 fully saturated rings. The van der Waals surface area contributed by atoms with Gasteiger partial charge in [-0.15, -0.1) is 0 Å². The zero-order valence-corrected chi connectivity index (χ0v) is 13.2. The quantitative estimate of drug-likeness (QED) is 0.393. The predicted octanol–water partition coefficient (Wildman–Crippen LogP) is -2.44. The number of carbonyl (C=O) groups excluding carboxylic acids is 2. The van der Waals surface area contributed by atoms with Crippen LogP contribution in [0.15, 0.2) is 11.6 Å². The molecule has 94 valence electrons. The van der Waals surface area contributed by atoms with Gasteiger partial charge < -0.3 is 4.55 Å². The van der Waals surface area contributed by atoms with E-state index in [1.165, 1.54) is 0 Å². The van der Waals surface area contributed by atoms with Crippen molar-refractivity contribution in [3.63, 3.8) is 0 Å². The van der Waals surface area contributed by atoms with Crippen LogP contribution in [-0.4, -0.2) is 29.3 Å². The van der Waals surface area contributed by atoms with Crippen molar-refractivity contribution in [2.24, 2.45) is 5.92 Å². The molecule has 2 aliphatic rings. The molecule has 0 aromatic carbocycles. The van der Waals surface area contributed by atoms with Gasteiger partial charge in [-0.25, -0.2) is 8.42 Å². The van der Waals surface area contributed by atoms with E-state index in [2.05, 4.69) is 0 Å². The number of hydrogen-bond acceptors (Lipinski definition) is 5. The Kier molecular flexibility index (Phi) is 4.61. The van der Waals surface area contributed by atoms with E-state index in [4.69, 9.17) is 0 Å². The van der Waals surface area contributed by atoms with Crippen molar-refractivity contribution in [3.05, 3.63) is 11.6 Å². The monoisotopic (exact) mass is 280 g/mol.